The topological polar surface area (TPSA) is 71.3 Å². The Morgan fingerprint density at radius 3 is 2.75 bits per heavy atom. The molecule has 5 nitrogen and oxygen atoms in total. The zero-order chi connectivity index (χ0) is 11.8. The van der Waals surface area contributed by atoms with Gasteiger partial charge in [-0.25, -0.2) is 0 Å². The number of hydrogen-bond acceptors (Lipinski definition) is 4. The van der Waals surface area contributed by atoms with Crippen molar-refractivity contribution in [1.29, 1.82) is 5.26 Å². The Kier molecular flexibility index (Phi) is 4.67. The number of methoxy groups -OCH3 is 1. The molecule has 1 aromatic carbocycles. The van der Waals surface area contributed by atoms with Gasteiger partial charge >= 0.3 is 0 Å². The summed E-state index contributed by atoms with van der Waals surface area (Å²) in [4.78, 5) is 11.1. The Morgan fingerprint density at radius 1 is 1.44 bits per heavy atom. The van der Waals surface area contributed by atoms with Crippen LogP contribution >= 0.6 is 0 Å². The predicted molar refractivity (Wildman–Crippen MR) is 57.1 cm³/mol. The van der Waals surface area contributed by atoms with Crippen molar-refractivity contribution in [2.24, 2.45) is 0 Å². The van der Waals surface area contributed by atoms with Crippen LogP contribution in [0.1, 0.15) is 0 Å². The van der Waals surface area contributed by atoms with E-state index in [0.29, 0.717) is 11.5 Å². The monoisotopic (exact) mass is 220 g/mol. The van der Waals surface area contributed by atoms with Crippen molar-refractivity contribution in [2.45, 2.75) is 0 Å². The second-order valence-electron chi connectivity index (χ2n) is 2.87. The molecule has 0 unspecified atom stereocenters. The molecule has 0 saturated carbocycles. The minimum atomic E-state index is -0.340. The van der Waals surface area contributed by atoms with Gasteiger partial charge < -0.3 is 14.8 Å². The summed E-state index contributed by atoms with van der Waals surface area (Å²) in [5.41, 5.74) is 0. The zero-order valence-electron chi connectivity index (χ0n) is 8.90. The average molecular weight is 220 g/mol. The van der Waals surface area contributed by atoms with Crippen molar-refractivity contribution in [2.75, 3.05) is 20.3 Å². The number of nitrogens with one attached hydrogen (secondary N) is 1. The number of nitriles is 1. The first-order valence-electron chi connectivity index (χ1n) is 4.67. The maximum Gasteiger partial charge on any atom is 0.258 e. The normalized spacial score (nSPS) is 9.00. The molecule has 0 aliphatic carbocycles. The quantitative estimate of drug-likeness (QED) is 0.742. The highest BCUT2D eigenvalue weighted by Crippen LogP contribution is 2.25. The van der Waals surface area contributed by atoms with Crippen molar-refractivity contribution in [3.8, 4) is 17.6 Å². The third kappa shape index (κ3) is 3.50. The molecular weight excluding hydrogens is 208 g/mol. The third-order valence-corrected chi connectivity index (χ3v) is 1.79. The first-order valence-corrected chi connectivity index (χ1v) is 4.67. The maximum absolute atomic E-state index is 11.1. The van der Waals surface area contributed by atoms with E-state index >= 15 is 0 Å². The second-order valence-corrected chi connectivity index (χ2v) is 2.87. The van der Waals surface area contributed by atoms with Crippen molar-refractivity contribution in [3.63, 3.8) is 0 Å². The standard InChI is InChI=1S/C11H12N2O3/c1-15-9-4-2-3-5-10(9)16-8-11(14)13-7-6-12/h2-5H,7-8H2,1H3,(H,13,14). The molecule has 1 rings (SSSR count). The van der Waals surface area contributed by atoms with E-state index < -0.39 is 0 Å². The molecule has 1 amide bonds. The van der Waals surface area contributed by atoms with E-state index in [4.69, 9.17) is 14.7 Å². The summed E-state index contributed by atoms with van der Waals surface area (Å²) in [5.74, 6) is 0.722. The van der Waals surface area contributed by atoms with Crippen LogP contribution in [0.2, 0.25) is 0 Å². The van der Waals surface area contributed by atoms with Gasteiger partial charge in [0.2, 0.25) is 0 Å². The van der Waals surface area contributed by atoms with E-state index in [0.717, 1.165) is 0 Å². The van der Waals surface area contributed by atoms with Crippen LogP contribution < -0.4 is 14.8 Å². The lowest BCUT2D eigenvalue weighted by atomic mass is 10.3. The lowest BCUT2D eigenvalue weighted by molar-refractivity contribution is -0.122. The van der Waals surface area contributed by atoms with Crippen LogP contribution in [0.3, 0.4) is 0 Å². The summed E-state index contributed by atoms with van der Waals surface area (Å²) >= 11 is 0. The molecule has 5 heteroatoms. The van der Waals surface area contributed by atoms with E-state index in [1.807, 2.05) is 6.07 Å². The molecule has 0 aliphatic rings. The number of ether oxygens (including phenoxy) is 2. The van der Waals surface area contributed by atoms with Crippen LogP contribution in [0.15, 0.2) is 24.3 Å². The lowest BCUT2D eigenvalue weighted by Gasteiger charge is -2.09. The van der Waals surface area contributed by atoms with Gasteiger partial charge in [-0.15, -0.1) is 0 Å². The molecule has 0 saturated heterocycles. The van der Waals surface area contributed by atoms with Crippen LogP contribution in [0.4, 0.5) is 0 Å². The molecule has 0 aliphatic heterocycles. The fraction of sp³-hybridized carbons (Fsp3) is 0.273. The summed E-state index contributed by atoms with van der Waals surface area (Å²) < 4.78 is 10.3. The van der Waals surface area contributed by atoms with Gasteiger partial charge in [0.1, 0.15) is 6.54 Å². The summed E-state index contributed by atoms with van der Waals surface area (Å²) in [6.07, 6.45) is 0. The Balaban J connectivity index is 2.48. The summed E-state index contributed by atoms with van der Waals surface area (Å²) in [7, 11) is 1.53. The highest BCUT2D eigenvalue weighted by Gasteiger charge is 2.05. The van der Waals surface area contributed by atoms with Crippen LogP contribution in [0.25, 0.3) is 0 Å². The summed E-state index contributed by atoms with van der Waals surface area (Å²) in [6.45, 7) is -0.157. The molecule has 0 radical (unpaired) electrons. The van der Waals surface area contributed by atoms with Gasteiger partial charge in [0.05, 0.1) is 13.2 Å². The van der Waals surface area contributed by atoms with Gasteiger partial charge in [0.15, 0.2) is 18.1 Å². The minimum Gasteiger partial charge on any atom is -0.493 e. The maximum atomic E-state index is 11.1. The number of para-hydroxylation sites is 2. The highest BCUT2D eigenvalue weighted by molar-refractivity contribution is 5.77. The molecule has 1 N–H and O–H groups in total. The van der Waals surface area contributed by atoms with E-state index in [2.05, 4.69) is 5.32 Å². The molecule has 0 atom stereocenters. The Labute approximate surface area is 93.6 Å². The van der Waals surface area contributed by atoms with Crippen molar-refractivity contribution in [3.05, 3.63) is 24.3 Å². The van der Waals surface area contributed by atoms with Gasteiger partial charge in [-0.1, -0.05) is 12.1 Å². The number of carbonyl (C=O) groups is 1. The lowest BCUT2D eigenvalue weighted by Crippen LogP contribution is -2.29. The molecule has 0 fully saturated rings. The SMILES string of the molecule is COc1ccccc1OCC(=O)NCC#N. The van der Waals surface area contributed by atoms with Gasteiger partial charge in [-0.3, -0.25) is 4.79 Å². The first kappa shape index (κ1) is 11.9. The third-order valence-electron chi connectivity index (χ3n) is 1.79. The number of benzene rings is 1. The van der Waals surface area contributed by atoms with E-state index in [1.165, 1.54) is 7.11 Å². The average Bonchev–Trinajstić information content (AvgIpc) is 2.34. The number of hydrogen-bond donors (Lipinski definition) is 1. The Morgan fingerprint density at radius 2 is 2.12 bits per heavy atom. The first-order chi connectivity index (χ1) is 7.77. The molecule has 0 spiro atoms. The van der Waals surface area contributed by atoms with Crippen LogP contribution in [0.5, 0.6) is 11.5 Å². The molecule has 16 heavy (non-hydrogen) atoms. The molecular formula is C11H12N2O3. The summed E-state index contributed by atoms with van der Waals surface area (Å²) in [5, 5.41) is 10.6. The molecule has 84 valence electrons. The molecule has 0 bridgehead atoms. The van der Waals surface area contributed by atoms with Gasteiger partial charge in [0, 0.05) is 0 Å². The van der Waals surface area contributed by atoms with Gasteiger partial charge in [-0.2, -0.15) is 5.26 Å². The molecule has 0 heterocycles. The fourth-order valence-electron chi connectivity index (χ4n) is 1.07. The Bertz CT molecular complexity index is 398. The highest BCUT2D eigenvalue weighted by atomic mass is 16.5. The van der Waals surface area contributed by atoms with Crippen molar-refractivity contribution in [1.82, 2.24) is 5.32 Å². The predicted octanol–water partition coefficient (Wildman–Crippen LogP) is 0.714. The van der Waals surface area contributed by atoms with E-state index in [-0.39, 0.29) is 19.1 Å². The minimum absolute atomic E-state index is 0.0197. The fourth-order valence-corrected chi connectivity index (χ4v) is 1.07. The number of rotatable bonds is 5. The van der Waals surface area contributed by atoms with Crippen LogP contribution in [-0.2, 0) is 4.79 Å². The number of carbonyl (C=O) groups excluding carboxylic acids is 1. The smallest absolute Gasteiger partial charge is 0.258 e. The van der Waals surface area contributed by atoms with Crippen LogP contribution in [0, 0.1) is 11.3 Å². The van der Waals surface area contributed by atoms with Crippen LogP contribution in [-0.4, -0.2) is 26.2 Å². The van der Waals surface area contributed by atoms with E-state index in [1.54, 1.807) is 24.3 Å². The van der Waals surface area contributed by atoms with Crippen molar-refractivity contribution >= 4 is 5.91 Å². The van der Waals surface area contributed by atoms with Gasteiger partial charge in [0.25, 0.3) is 5.91 Å². The zero-order valence-corrected chi connectivity index (χ0v) is 8.90. The summed E-state index contributed by atoms with van der Waals surface area (Å²) in [6, 6.07) is 8.84. The van der Waals surface area contributed by atoms with Gasteiger partial charge in [-0.05, 0) is 12.1 Å². The number of nitrogens with zero attached hydrogens (tertiary/aromatic N) is 1. The second kappa shape index (κ2) is 6.30. The van der Waals surface area contributed by atoms with Crippen molar-refractivity contribution < 1.29 is 14.3 Å². The largest absolute Gasteiger partial charge is 0.493 e. The van der Waals surface area contributed by atoms with E-state index in [9.17, 15) is 4.79 Å². The molecule has 1 aromatic rings. The number of amides is 1. The Hall–Kier alpha value is -2.22. The molecule has 0 aromatic heterocycles.